The molecular weight excluding hydrogens is 1250 g/mol. The van der Waals surface area contributed by atoms with Crippen LogP contribution in [0.2, 0.25) is 0 Å². The number of carbonyl (C=O) groups is 12. The SMILES string of the molecule is CCC1(O)C(=O)OCc2c1cc1n(c2=O)Cc2c-1nc1cc(F)c(C)c3c1c2[C@@H](NC(=O)O[C@H](CNC(=O)CC[C@H](NC(=O)COCCOCCNC(=O)CCN1C(=O)C=CC1=O)C(=O)N(C)CC(=O)O)c1ccc(NC(=O)[C@H](C)NC(=O)[C@H](NC(C)=O)C(C)C)cc1)CC3. The number of rotatable bonds is 30. The standard InChI is InChI=1S/C64H76FN11O19/c1-8-64(91)41-25-46-57-39(28-76(46)60(87)40(41)30-94-62(64)89)55-43(14-13-38-33(4)42(65)26-45(72-57)54(38)55)73-63(90)95-47(36-9-11-37(12-10-36)70-58(85)34(5)68-59(86)56(32(2)3)69-35(6)77)27-67-48(78)16-15-44(61(88)74(7)29-53(83)84)71-50(80)31-93-24-23-92-22-20-66-49(79)19-21-75-51(81)17-18-52(75)82/h9-12,17-18,25-26,32,34,43-44,47,56,91H,8,13-16,19-24,27-31H2,1-7H3,(H,66,79)(H,67,78)(H,68,86)(H,69,77)(H,70,85)(H,71,80)(H,73,90)(H,83,84)/t34-,43-,44-,47+,56+,64?/m0/s1. The molecule has 508 valence electrons. The number of likely N-dealkylation sites (N-methyl/N-ethyl adjacent to an activating group) is 1. The summed E-state index contributed by atoms with van der Waals surface area (Å²) in [6, 6.07) is 4.42. The number of aliphatic hydroxyl groups is 1. The van der Waals surface area contributed by atoms with Crippen molar-refractivity contribution in [2.24, 2.45) is 5.92 Å². The van der Waals surface area contributed by atoms with Crippen LogP contribution in [-0.4, -0.2) is 179 Å². The van der Waals surface area contributed by atoms with E-state index in [0.29, 0.717) is 27.6 Å². The molecule has 10 amide bonds. The number of carboxylic acid groups (broad SMARTS) is 1. The molecule has 1 unspecified atom stereocenters. The molecule has 31 heteroatoms. The van der Waals surface area contributed by atoms with Crippen LogP contribution in [0.5, 0.6) is 0 Å². The minimum Gasteiger partial charge on any atom is -0.480 e. The molecule has 2 aromatic carbocycles. The number of benzene rings is 2. The van der Waals surface area contributed by atoms with Crippen molar-refractivity contribution in [3.63, 3.8) is 0 Å². The molecular formula is C64H76FN11O19. The van der Waals surface area contributed by atoms with Gasteiger partial charge < -0.3 is 75.8 Å². The van der Waals surface area contributed by atoms with Crippen LogP contribution >= 0.6 is 0 Å². The second-order valence-electron chi connectivity index (χ2n) is 23.7. The Balaban J connectivity index is 0.962. The summed E-state index contributed by atoms with van der Waals surface area (Å²) < 4.78 is 39.4. The highest BCUT2D eigenvalue weighted by molar-refractivity contribution is 6.13. The number of cyclic esters (lactones) is 1. The Morgan fingerprint density at radius 3 is 2.23 bits per heavy atom. The number of carbonyl (C=O) groups excluding carboxylic acids is 11. The first kappa shape index (κ1) is 70.9. The van der Waals surface area contributed by atoms with Crippen molar-refractivity contribution >= 4 is 87.8 Å². The zero-order valence-electron chi connectivity index (χ0n) is 53.4. The summed E-state index contributed by atoms with van der Waals surface area (Å²) in [5.74, 6) is -8.58. The molecule has 9 N–H and O–H groups in total. The maximum absolute atomic E-state index is 15.7. The van der Waals surface area contributed by atoms with Gasteiger partial charge in [-0.05, 0) is 85.9 Å². The van der Waals surface area contributed by atoms with Gasteiger partial charge in [-0.1, -0.05) is 32.9 Å². The second kappa shape index (κ2) is 30.8. The number of aromatic nitrogens is 2. The number of fused-ring (bicyclic) bond motifs is 5. The van der Waals surface area contributed by atoms with Crippen LogP contribution in [-0.2, 0) is 96.9 Å². The summed E-state index contributed by atoms with van der Waals surface area (Å²) >= 11 is 0. The summed E-state index contributed by atoms with van der Waals surface area (Å²) in [4.78, 5) is 174. The molecule has 2 aromatic heterocycles. The van der Waals surface area contributed by atoms with Gasteiger partial charge in [0, 0.05) is 80.3 Å². The number of imide groups is 1. The number of pyridine rings is 2. The lowest BCUT2D eigenvalue weighted by Crippen LogP contribution is -2.53. The predicted octanol–water partition coefficient (Wildman–Crippen LogP) is 0.975. The maximum Gasteiger partial charge on any atom is 0.408 e. The first-order valence-electron chi connectivity index (χ1n) is 30.9. The fraction of sp³-hybridized carbons (Fsp3) is 0.469. The van der Waals surface area contributed by atoms with Crippen LogP contribution in [0.1, 0.15) is 118 Å². The van der Waals surface area contributed by atoms with Gasteiger partial charge in [0.2, 0.25) is 41.4 Å². The zero-order chi connectivity index (χ0) is 69.2. The summed E-state index contributed by atoms with van der Waals surface area (Å²) in [6.45, 7) is 7.08. The number of hydrogen-bond donors (Lipinski definition) is 9. The molecule has 95 heavy (non-hydrogen) atoms. The topological polar surface area (TPSA) is 408 Å². The van der Waals surface area contributed by atoms with Crippen molar-refractivity contribution in [3.8, 4) is 11.4 Å². The molecule has 0 saturated carbocycles. The van der Waals surface area contributed by atoms with Crippen LogP contribution in [0, 0.1) is 18.7 Å². The van der Waals surface area contributed by atoms with E-state index in [1.165, 1.54) is 61.9 Å². The van der Waals surface area contributed by atoms with E-state index in [0.717, 1.165) is 22.0 Å². The molecule has 30 nitrogen and oxygen atoms in total. The van der Waals surface area contributed by atoms with Crippen LogP contribution in [0.25, 0.3) is 22.3 Å². The van der Waals surface area contributed by atoms with Gasteiger partial charge in [0.1, 0.15) is 49.8 Å². The van der Waals surface area contributed by atoms with Gasteiger partial charge in [0.15, 0.2) is 5.60 Å². The van der Waals surface area contributed by atoms with Crippen LogP contribution < -0.4 is 42.8 Å². The molecule has 1 aliphatic carbocycles. The quantitative estimate of drug-likeness (QED) is 0.0176. The van der Waals surface area contributed by atoms with E-state index in [-0.39, 0.29) is 123 Å². The molecule has 0 bridgehead atoms. The largest absolute Gasteiger partial charge is 0.480 e. The van der Waals surface area contributed by atoms with E-state index in [9.17, 15) is 72.5 Å². The molecule has 3 aliphatic heterocycles. The maximum atomic E-state index is 15.7. The van der Waals surface area contributed by atoms with E-state index in [2.05, 4.69) is 37.2 Å². The number of amides is 10. The van der Waals surface area contributed by atoms with Gasteiger partial charge in [0.25, 0.3) is 17.4 Å². The number of hydrogen-bond acceptors (Lipinski definition) is 19. The number of carboxylic acids is 1. The third kappa shape index (κ3) is 16.7. The minimum atomic E-state index is -2.14. The zero-order valence-corrected chi connectivity index (χ0v) is 53.4. The number of aryl methyl sites for hydroxylation is 1. The smallest absolute Gasteiger partial charge is 0.408 e. The van der Waals surface area contributed by atoms with E-state index >= 15 is 4.39 Å². The Labute approximate surface area is 543 Å². The third-order valence-electron chi connectivity index (χ3n) is 16.7. The molecule has 4 aliphatic rings. The molecule has 0 radical (unpaired) electrons. The fourth-order valence-corrected chi connectivity index (χ4v) is 11.6. The number of nitrogens with one attached hydrogen (secondary N) is 7. The van der Waals surface area contributed by atoms with Gasteiger partial charge in [-0.2, -0.15) is 0 Å². The molecule has 0 saturated heterocycles. The lowest BCUT2D eigenvalue weighted by atomic mass is 9.81. The van der Waals surface area contributed by atoms with Crippen LogP contribution in [0.3, 0.4) is 0 Å². The van der Waals surface area contributed by atoms with Crippen molar-refractivity contribution in [1.29, 1.82) is 0 Å². The van der Waals surface area contributed by atoms with E-state index in [4.69, 9.17) is 23.9 Å². The molecule has 8 rings (SSSR count). The second-order valence-corrected chi connectivity index (χ2v) is 23.7. The molecule has 5 heterocycles. The molecule has 0 fully saturated rings. The summed E-state index contributed by atoms with van der Waals surface area (Å²) in [5.41, 5.74) is 0.691. The van der Waals surface area contributed by atoms with Gasteiger partial charge in [-0.25, -0.2) is 19.0 Å². The Hall–Kier alpha value is -10.0. The number of aliphatic carboxylic acids is 1. The van der Waals surface area contributed by atoms with Crippen molar-refractivity contribution in [2.75, 3.05) is 65.0 Å². The lowest BCUT2D eigenvalue weighted by Gasteiger charge is -2.31. The number of ether oxygens (including phenoxy) is 4. The lowest BCUT2D eigenvalue weighted by molar-refractivity contribution is -0.172. The first-order valence-corrected chi connectivity index (χ1v) is 30.9. The number of alkyl carbamates (subject to hydrolysis) is 1. The van der Waals surface area contributed by atoms with Gasteiger partial charge in [0.05, 0.1) is 61.4 Å². The Kier molecular flexibility index (Phi) is 23.0. The van der Waals surface area contributed by atoms with Crippen LogP contribution in [0.4, 0.5) is 14.9 Å². The number of halogens is 1. The highest BCUT2D eigenvalue weighted by Crippen LogP contribution is 2.46. The van der Waals surface area contributed by atoms with E-state index < -0.39 is 145 Å². The normalized spacial score (nSPS) is 17.1. The third-order valence-corrected chi connectivity index (χ3v) is 16.7. The first-order chi connectivity index (χ1) is 45.1. The molecule has 4 aromatic rings. The van der Waals surface area contributed by atoms with E-state index in [1.807, 2.05) is 0 Å². The van der Waals surface area contributed by atoms with Crippen molar-refractivity contribution in [3.05, 3.63) is 104 Å². The average Bonchev–Trinajstić information content (AvgIpc) is 1.62. The summed E-state index contributed by atoms with van der Waals surface area (Å²) in [6.07, 6.45) is -0.640. The number of anilines is 1. The Bertz CT molecular complexity index is 3820. The fourth-order valence-electron chi connectivity index (χ4n) is 11.6. The van der Waals surface area contributed by atoms with Crippen molar-refractivity contribution < 1.29 is 91.1 Å². The van der Waals surface area contributed by atoms with Crippen LogP contribution in [0.15, 0.2) is 53.3 Å². The van der Waals surface area contributed by atoms with Gasteiger partial charge in [-0.15, -0.1) is 0 Å². The summed E-state index contributed by atoms with van der Waals surface area (Å²) in [7, 11) is 1.19. The molecule has 0 spiro atoms. The Morgan fingerprint density at radius 1 is 0.863 bits per heavy atom. The minimum absolute atomic E-state index is 0.0212. The van der Waals surface area contributed by atoms with Gasteiger partial charge in [-0.3, -0.25) is 57.6 Å². The van der Waals surface area contributed by atoms with Gasteiger partial charge >= 0.3 is 18.0 Å². The number of nitrogens with zero attached hydrogens (tertiary/aromatic N) is 4. The average molecular weight is 1320 g/mol. The monoisotopic (exact) mass is 1320 g/mol. The van der Waals surface area contributed by atoms with Crippen molar-refractivity contribution in [1.82, 2.24) is 51.3 Å². The molecule has 6 atom stereocenters. The summed E-state index contributed by atoms with van der Waals surface area (Å²) in [5, 5.41) is 40.1. The van der Waals surface area contributed by atoms with E-state index in [1.54, 1.807) is 27.7 Å². The Morgan fingerprint density at radius 2 is 1.56 bits per heavy atom. The number of esters is 1. The van der Waals surface area contributed by atoms with Crippen molar-refractivity contribution in [2.45, 2.75) is 129 Å². The predicted molar refractivity (Wildman–Crippen MR) is 332 cm³/mol. The highest BCUT2D eigenvalue weighted by Gasteiger charge is 2.46. The highest BCUT2D eigenvalue weighted by atomic mass is 19.1.